The van der Waals surface area contributed by atoms with Crippen LogP contribution in [0.5, 0.6) is 0 Å². The van der Waals surface area contributed by atoms with Crippen LogP contribution in [0.3, 0.4) is 0 Å². The molecule has 2 atom stereocenters. The average molecular weight is 226 g/mol. The molecule has 3 heteroatoms. The number of nitrogens with one attached hydrogen (secondary N) is 1. The lowest BCUT2D eigenvalue weighted by molar-refractivity contribution is -0.138. The van der Waals surface area contributed by atoms with Crippen LogP contribution in [0, 0.1) is 5.41 Å². The van der Waals surface area contributed by atoms with Crippen molar-refractivity contribution >= 4 is 0 Å². The molecule has 1 heterocycles. The van der Waals surface area contributed by atoms with E-state index < -0.39 is 0 Å². The molecule has 0 aromatic carbocycles. The lowest BCUT2D eigenvalue weighted by atomic mass is 9.63. The lowest BCUT2D eigenvalue weighted by Gasteiger charge is -2.56. The van der Waals surface area contributed by atoms with Gasteiger partial charge in [0.15, 0.2) is 0 Å². The summed E-state index contributed by atoms with van der Waals surface area (Å²) in [6.07, 6.45) is 4.24. The Balaban J connectivity index is 1.91. The highest BCUT2D eigenvalue weighted by atomic mass is 16.5. The van der Waals surface area contributed by atoms with Crippen molar-refractivity contribution in [3.05, 3.63) is 0 Å². The molecule has 16 heavy (non-hydrogen) atoms. The number of rotatable bonds is 2. The van der Waals surface area contributed by atoms with E-state index in [0.29, 0.717) is 11.5 Å². The summed E-state index contributed by atoms with van der Waals surface area (Å²) in [6.45, 7) is 9.56. The molecule has 0 bridgehead atoms. The molecule has 2 unspecified atom stereocenters. The molecule has 1 aliphatic carbocycles. The second-order valence-electron chi connectivity index (χ2n) is 5.79. The Morgan fingerprint density at radius 1 is 1.19 bits per heavy atom. The largest absolute Gasteiger partial charge is 0.381 e. The summed E-state index contributed by atoms with van der Waals surface area (Å²) in [5, 5.41) is 3.47. The third-order valence-electron chi connectivity index (χ3n) is 4.45. The molecule has 1 N–H and O–H groups in total. The van der Waals surface area contributed by atoms with Crippen LogP contribution in [-0.4, -0.2) is 50.3 Å². The van der Waals surface area contributed by atoms with Crippen LogP contribution in [0.2, 0.25) is 0 Å². The smallest absolute Gasteiger partial charge is 0.0652 e. The predicted octanol–water partition coefficient (Wildman–Crippen LogP) is 1.49. The Bertz CT molecular complexity index is 222. The molecule has 2 fully saturated rings. The van der Waals surface area contributed by atoms with Crippen molar-refractivity contribution in [2.45, 2.75) is 45.3 Å². The van der Waals surface area contributed by atoms with Gasteiger partial charge in [-0.1, -0.05) is 13.8 Å². The third-order valence-corrected chi connectivity index (χ3v) is 4.45. The zero-order valence-corrected chi connectivity index (χ0v) is 11.0. The van der Waals surface area contributed by atoms with Crippen LogP contribution >= 0.6 is 0 Å². The minimum atomic E-state index is 0.335. The minimum Gasteiger partial charge on any atom is -0.381 e. The third kappa shape index (κ3) is 2.27. The summed E-state index contributed by atoms with van der Waals surface area (Å²) in [6, 6.07) is 0.732. The molecule has 0 radical (unpaired) electrons. The van der Waals surface area contributed by atoms with Crippen molar-refractivity contribution < 1.29 is 4.74 Å². The molecule has 2 aliphatic rings. The van der Waals surface area contributed by atoms with E-state index in [1.807, 2.05) is 7.11 Å². The van der Waals surface area contributed by atoms with Crippen molar-refractivity contribution in [2.24, 2.45) is 5.41 Å². The monoisotopic (exact) mass is 226 g/mol. The number of hydrogen-bond acceptors (Lipinski definition) is 3. The Morgan fingerprint density at radius 3 is 2.31 bits per heavy atom. The van der Waals surface area contributed by atoms with Gasteiger partial charge in [0, 0.05) is 18.6 Å². The number of hydrogen-bond donors (Lipinski definition) is 1. The first-order chi connectivity index (χ1) is 7.66. The summed E-state index contributed by atoms with van der Waals surface area (Å²) in [5.41, 5.74) is 0.335. The van der Waals surface area contributed by atoms with Gasteiger partial charge in [0.25, 0.3) is 0 Å². The van der Waals surface area contributed by atoms with Gasteiger partial charge in [-0.25, -0.2) is 0 Å². The molecule has 1 saturated heterocycles. The maximum Gasteiger partial charge on any atom is 0.0652 e. The zero-order chi connectivity index (χ0) is 11.6. The summed E-state index contributed by atoms with van der Waals surface area (Å²) in [7, 11) is 1.85. The molecule has 0 aromatic rings. The quantitative estimate of drug-likeness (QED) is 0.772. The fourth-order valence-corrected chi connectivity index (χ4v) is 3.25. The average Bonchev–Trinajstić information content (AvgIpc) is 2.20. The van der Waals surface area contributed by atoms with E-state index in [-0.39, 0.29) is 0 Å². The fraction of sp³-hybridized carbons (Fsp3) is 1.00. The second-order valence-corrected chi connectivity index (χ2v) is 5.79. The van der Waals surface area contributed by atoms with E-state index >= 15 is 0 Å². The van der Waals surface area contributed by atoms with Crippen molar-refractivity contribution in [1.29, 1.82) is 0 Å². The van der Waals surface area contributed by atoms with E-state index in [4.69, 9.17) is 4.74 Å². The first-order valence-corrected chi connectivity index (χ1v) is 6.64. The molecule has 94 valence electrons. The standard InChI is InChI=1S/C13H26N2O/c1-13(2)11(10-12(13)16-3)15-8-4-6-14-7-5-9-15/h11-12,14H,4-10H2,1-3H3. The molecule has 3 nitrogen and oxygen atoms in total. The SMILES string of the molecule is COC1CC(N2CCCNCCC2)C1(C)C. The molecule has 2 rings (SSSR count). The van der Waals surface area contributed by atoms with Gasteiger partial charge in [-0.2, -0.15) is 0 Å². The molecule has 0 aromatic heterocycles. The van der Waals surface area contributed by atoms with Gasteiger partial charge in [-0.15, -0.1) is 0 Å². The Morgan fingerprint density at radius 2 is 1.81 bits per heavy atom. The van der Waals surface area contributed by atoms with Crippen molar-refractivity contribution in [3.8, 4) is 0 Å². The Kier molecular flexibility index (Phi) is 3.88. The second kappa shape index (κ2) is 5.03. The van der Waals surface area contributed by atoms with E-state index in [2.05, 4.69) is 24.1 Å². The number of ether oxygens (including phenoxy) is 1. The fourth-order valence-electron chi connectivity index (χ4n) is 3.25. The number of nitrogens with zero attached hydrogens (tertiary/aromatic N) is 1. The van der Waals surface area contributed by atoms with Crippen LogP contribution in [0.4, 0.5) is 0 Å². The van der Waals surface area contributed by atoms with Gasteiger partial charge in [0.1, 0.15) is 0 Å². The predicted molar refractivity (Wildman–Crippen MR) is 66.7 cm³/mol. The summed E-state index contributed by atoms with van der Waals surface area (Å²) < 4.78 is 5.54. The molecule has 1 aliphatic heterocycles. The van der Waals surface area contributed by atoms with Gasteiger partial charge < -0.3 is 10.1 Å². The van der Waals surface area contributed by atoms with Gasteiger partial charge in [-0.05, 0) is 45.4 Å². The van der Waals surface area contributed by atoms with Crippen LogP contribution in [-0.2, 0) is 4.74 Å². The highest BCUT2D eigenvalue weighted by molar-refractivity contribution is 5.03. The molecular weight excluding hydrogens is 200 g/mol. The van der Waals surface area contributed by atoms with Crippen molar-refractivity contribution in [1.82, 2.24) is 10.2 Å². The Labute approximate surface area is 99.5 Å². The summed E-state index contributed by atoms with van der Waals surface area (Å²) in [5.74, 6) is 0. The van der Waals surface area contributed by atoms with E-state index in [1.54, 1.807) is 0 Å². The van der Waals surface area contributed by atoms with E-state index in [9.17, 15) is 0 Å². The van der Waals surface area contributed by atoms with Crippen LogP contribution in [0.25, 0.3) is 0 Å². The lowest BCUT2D eigenvalue weighted by Crippen LogP contribution is -2.62. The summed E-state index contributed by atoms with van der Waals surface area (Å²) in [4.78, 5) is 2.69. The van der Waals surface area contributed by atoms with Gasteiger partial charge >= 0.3 is 0 Å². The van der Waals surface area contributed by atoms with Gasteiger partial charge in [0.2, 0.25) is 0 Å². The highest BCUT2D eigenvalue weighted by Gasteiger charge is 2.50. The summed E-state index contributed by atoms with van der Waals surface area (Å²) >= 11 is 0. The molecule has 0 amide bonds. The topological polar surface area (TPSA) is 24.5 Å². The van der Waals surface area contributed by atoms with Gasteiger partial charge in [-0.3, -0.25) is 4.90 Å². The van der Waals surface area contributed by atoms with Gasteiger partial charge in [0.05, 0.1) is 6.10 Å². The zero-order valence-electron chi connectivity index (χ0n) is 11.0. The first-order valence-electron chi connectivity index (χ1n) is 6.64. The Hall–Kier alpha value is -0.120. The number of methoxy groups -OCH3 is 1. The minimum absolute atomic E-state index is 0.335. The maximum atomic E-state index is 5.54. The van der Waals surface area contributed by atoms with E-state index in [1.165, 1.54) is 45.4 Å². The highest BCUT2D eigenvalue weighted by Crippen LogP contribution is 2.45. The molecule has 0 spiro atoms. The van der Waals surface area contributed by atoms with E-state index in [0.717, 1.165) is 6.04 Å². The maximum absolute atomic E-state index is 5.54. The van der Waals surface area contributed by atoms with Crippen LogP contribution in [0.15, 0.2) is 0 Å². The van der Waals surface area contributed by atoms with Crippen LogP contribution < -0.4 is 5.32 Å². The molecule has 1 saturated carbocycles. The first kappa shape index (κ1) is 12.3. The van der Waals surface area contributed by atoms with Crippen LogP contribution in [0.1, 0.15) is 33.1 Å². The van der Waals surface area contributed by atoms with Crippen molar-refractivity contribution in [3.63, 3.8) is 0 Å². The normalized spacial score (nSPS) is 36.2. The molecular formula is C13H26N2O. The van der Waals surface area contributed by atoms with Crippen molar-refractivity contribution in [2.75, 3.05) is 33.3 Å².